The number of aromatic nitrogens is 1. The molecule has 0 unspecified atom stereocenters. The molecule has 2 heterocycles. The zero-order valence-electron chi connectivity index (χ0n) is 10.4. The molecule has 0 radical (unpaired) electrons. The van der Waals surface area contributed by atoms with Crippen LogP contribution in [-0.4, -0.2) is 38.3 Å². The van der Waals surface area contributed by atoms with E-state index in [0.717, 1.165) is 23.5 Å². The molecule has 0 spiro atoms. The van der Waals surface area contributed by atoms with E-state index in [9.17, 15) is 13.2 Å². The normalized spacial score (nSPS) is 14.8. The lowest BCUT2D eigenvalue weighted by atomic mass is 10.2. The first-order chi connectivity index (χ1) is 9.00. The molecule has 106 valence electrons. The number of rotatable bonds is 5. The fourth-order valence-corrected chi connectivity index (χ4v) is 3.85. The molecule has 0 amide bonds. The van der Waals surface area contributed by atoms with Crippen LogP contribution < -0.4 is 10.0 Å². The van der Waals surface area contributed by atoms with Crippen molar-refractivity contribution in [2.75, 3.05) is 23.6 Å². The monoisotopic (exact) mass is 305 g/mol. The molecule has 0 aromatic carbocycles. The van der Waals surface area contributed by atoms with Gasteiger partial charge in [0.25, 0.3) is 0 Å². The van der Waals surface area contributed by atoms with E-state index in [4.69, 9.17) is 0 Å². The van der Waals surface area contributed by atoms with Crippen molar-refractivity contribution in [1.29, 1.82) is 0 Å². The minimum atomic E-state index is -3.75. The molecule has 0 fully saturated rings. The van der Waals surface area contributed by atoms with Crippen molar-refractivity contribution >= 4 is 32.5 Å². The molecular formula is C10H15N3O4S2. The Hall–Kier alpha value is -1.19. The van der Waals surface area contributed by atoms with E-state index < -0.39 is 21.7 Å². The van der Waals surface area contributed by atoms with E-state index in [0.29, 0.717) is 11.7 Å². The predicted octanol–water partition coefficient (Wildman–Crippen LogP) is 0.0936. The van der Waals surface area contributed by atoms with Crippen LogP contribution in [-0.2, 0) is 32.5 Å². The summed E-state index contributed by atoms with van der Waals surface area (Å²) in [4.78, 5) is 16.4. The SMILES string of the molecule is CCOC(=O)CS(=O)(=O)Nc1nc2c(s1)CNCC2. The molecule has 9 heteroatoms. The highest BCUT2D eigenvalue weighted by Crippen LogP contribution is 2.25. The van der Waals surface area contributed by atoms with Crippen molar-refractivity contribution < 1.29 is 17.9 Å². The first-order valence-corrected chi connectivity index (χ1v) is 8.32. The van der Waals surface area contributed by atoms with Gasteiger partial charge in [0.1, 0.15) is 0 Å². The highest BCUT2D eigenvalue weighted by Gasteiger charge is 2.21. The summed E-state index contributed by atoms with van der Waals surface area (Å²) in [7, 11) is -3.75. The number of esters is 1. The van der Waals surface area contributed by atoms with Gasteiger partial charge >= 0.3 is 5.97 Å². The summed E-state index contributed by atoms with van der Waals surface area (Å²) in [5.74, 6) is -1.46. The number of hydrogen-bond donors (Lipinski definition) is 2. The second-order valence-corrected chi connectivity index (χ2v) is 6.79. The van der Waals surface area contributed by atoms with Gasteiger partial charge in [0, 0.05) is 24.4 Å². The van der Waals surface area contributed by atoms with Crippen LogP contribution in [0, 0.1) is 0 Å². The fourth-order valence-electron chi connectivity index (χ4n) is 1.70. The third-order valence-corrected chi connectivity index (χ3v) is 4.72. The number of ether oxygens (including phenoxy) is 1. The molecule has 19 heavy (non-hydrogen) atoms. The summed E-state index contributed by atoms with van der Waals surface area (Å²) < 4.78 is 30.4. The van der Waals surface area contributed by atoms with Gasteiger partial charge in [-0.25, -0.2) is 13.4 Å². The lowest BCUT2D eigenvalue weighted by Crippen LogP contribution is -2.24. The Morgan fingerprint density at radius 3 is 3.05 bits per heavy atom. The lowest BCUT2D eigenvalue weighted by molar-refractivity contribution is -0.139. The number of carbonyl (C=O) groups excluding carboxylic acids is 1. The van der Waals surface area contributed by atoms with Crippen molar-refractivity contribution in [2.24, 2.45) is 0 Å². The Labute approximate surface area is 115 Å². The van der Waals surface area contributed by atoms with Crippen molar-refractivity contribution in [3.8, 4) is 0 Å². The van der Waals surface area contributed by atoms with Gasteiger partial charge in [-0.2, -0.15) is 0 Å². The van der Waals surface area contributed by atoms with Crippen molar-refractivity contribution in [3.63, 3.8) is 0 Å². The van der Waals surface area contributed by atoms with E-state index >= 15 is 0 Å². The largest absolute Gasteiger partial charge is 0.465 e. The van der Waals surface area contributed by atoms with Crippen LogP contribution in [0.25, 0.3) is 0 Å². The number of sulfonamides is 1. The minimum Gasteiger partial charge on any atom is -0.465 e. The number of fused-ring (bicyclic) bond motifs is 1. The van der Waals surface area contributed by atoms with E-state index in [1.807, 2.05) is 0 Å². The Kier molecular flexibility index (Phi) is 4.38. The first kappa shape index (κ1) is 14.2. The Morgan fingerprint density at radius 1 is 1.58 bits per heavy atom. The van der Waals surface area contributed by atoms with Crippen LogP contribution in [0.1, 0.15) is 17.5 Å². The van der Waals surface area contributed by atoms with Crippen molar-refractivity contribution in [1.82, 2.24) is 10.3 Å². The van der Waals surface area contributed by atoms with E-state index in [1.54, 1.807) is 6.92 Å². The maximum absolute atomic E-state index is 11.7. The predicted molar refractivity (Wildman–Crippen MR) is 71.6 cm³/mol. The Morgan fingerprint density at radius 2 is 2.37 bits per heavy atom. The quantitative estimate of drug-likeness (QED) is 0.749. The van der Waals surface area contributed by atoms with E-state index in [-0.39, 0.29) is 6.61 Å². The molecule has 1 aromatic heterocycles. The summed E-state index contributed by atoms with van der Waals surface area (Å²) >= 11 is 1.29. The summed E-state index contributed by atoms with van der Waals surface area (Å²) in [5, 5.41) is 3.49. The third kappa shape index (κ3) is 3.88. The highest BCUT2D eigenvalue weighted by molar-refractivity contribution is 7.93. The molecule has 2 rings (SSSR count). The number of thiazole rings is 1. The average molecular weight is 305 g/mol. The van der Waals surface area contributed by atoms with E-state index in [1.165, 1.54) is 11.3 Å². The van der Waals surface area contributed by atoms with Gasteiger partial charge in [-0.05, 0) is 6.92 Å². The van der Waals surface area contributed by atoms with Gasteiger partial charge in [0.05, 0.1) is 12.3 Å². The van der Waals surface area contributed by atoms with Gasteiger partial charge in [-0.1, -0.05) is 11.3 Å². The van der Waals surface area contributed by atoms with Gasteiger partial charge < -0.3 is 10.1 Å². The molecule has 0 atom stereocenters. The molecule has 7 nitrogen and oxygen atoms in total. The minimum absolute atomic E-state index is 0.158. The second-order valence-electron chi connectivity index (χ2n) is 3.98. The summed E-state index contributed by atoms with van der Waals surface area (Å²) in [6.07, 6.45) is 0.783. The number of nitrogens with zero attached hydrogens (tertiary/aromatic N) is 1. The summed E-state index contributed by atoms with van der Waals surface area (Å²) in [6, 6.07) is 0. The molecule has 0 bridgehead atoms. The topological polar surface area (TPSA) is 97.4 Å². The van der Waals surface area contributed by atoms with Crippen LogP contribution in [0.15, 0.2) is 0 Å². The highest BCUT2D eigenvalue weighted by atomic mass is 32.2. The smallest absolute Gasteiger partial charge is 0.323 e. The zero-order valence-corrected chi connectivity index (χ0v) is 12.1. The maximum Gasteiger partial charge on any atom is 0.323 e. The summed E-state index contributed by atoms with van der Waals surface area (Å²) in [5.41, 5.74) is 0.914. The summed E-state index contributed by atoms with van der Waals surface area (Å²) in [6.45, 7) is 3.32. The van der Waals surface area contributed by atoms with Crippen LogP contribution in [0.5, 0.6) is 0 Å². The first-order valence-electron chi connectivity index (χ1n) is 5.85. The molecule has 1 aliphatic heterocycles. The lowest BCUT2D eigenvalue weighted by Gasteiger charge is -2.09. The number of carbonyl (C=O) groups is 1. The van der Waals surface area contributed by atoms with E-state index in [2.05, 4.69) is 19.8 Å². The molecule has 0 saturated heterocycles. The van der Waals surface area contributed by atoms with Gasteiger partial charge in [-0.15, -0.1) is 0 Å². The number of anilines is 1. The number of nitrogens with one attached hydrogen (secondary N) is 2. The Balaban J connectivity index is 2.03. The molecule has 0 aliphatic carbocycles. The maximum atomic E-state index is 11.7. The Bertz CT molecular complexity index is 544. The average Bonchev–Trinajstić information content (AvgIpc) is 2.69. The van der Waals surface area contributed by atoms with Crippen LogP contribution >= 0.6 is 11.3 Å². The van der Waals surface area contributed by atoms with Gasteiger partial charge in [0.15, 0.2) is 10.9 Å². The molecule has 1 aromatic rings. The molecule has 0 saturated carbocycles. The standard InChI is InChI=1S/C10H15N3O4S2/c1-2-17-9(14)6-19(15,16)13-10-12-7-3-4-11-5-8(7)18-10/h11H,2-6H2,1H3,(H,12,13). The molecular weight excluding hydrogens is 290 g/mol. The fraction of sp³-hybridized carbons (Fsp3) is 0.600. The van der Waals surface area contributed by atoms with Crippen LogP contribution in [0.4, 0.5) is 5.13 Å². The van der Waals surface area contributed by atoms with Crippen LogP contribution in [0.3, 0.4) is 0 Å². The molecule has 1 aliphatic rings. The zero-order chi connectivity index (χ0) is 13.9. The molecule has 2 N–H and O–H groups in total. The van der Waals surface area contributed by atoms with Crippen LogP contribution in [0.2, 0.25) is 0 Å². The van der Waals surface area contributed by atoms with Crippen molar-refractivity contribution in [3.05, 3.63) is 10.6 Å². The van der Waals surface area contributed by atoms with Crippen molar-refractivity contribution in [2.45, 2.75) is 19.9 Å². The number of hydrogen-bond acceptors (Lipinski definition) is 7. The third-order valence-electron chi connectivity index (χ3n) is 2.46. The second kappa shape index (κ2) is 5.85. The van der Waals surface area contributed by atoms with Gasteiger partial charge in [0.2, 0.25) is 10.0 Å². The van der Waals surface area contributed by atoms with Gasteiger partial charge in [-0.3, -0.25) is 9.52 Å².